The van der Waals surface area contributed by atoms with Crippen molar-refractivity contribution < 1.29 is 23.2 Å². The van der Waals surface area contributed by atoms with Gasteiger partial charge in [0.1, 0.15) is 5.56 Å². The summed E-state index contributed by atoms with van der Waals surface area (Å²) in [5.74, 6) is -3.49. The first-order chi connectivity index (χ1) is 9.49. The third-order valence-electron chi connectivity index (χ3n) is 2.98. The Hall–Kier alpha value is -2.09. The normalized spacial score (nSPS) is 18.6. The van der Waals surface area contributed by atoms with Gasteiger partial charge in [0.2, 0.25) is 0 Å². The summed E-state index contributed by atoms with van der Waals surface area (Å²) in [4.78, 5) is 21.8. The molecular formula is C12H12F2N2O4. The van der Waals surface area contributed by atoms with E-state index in [1.807, 2.05) is 0 Å². The van der Waals surface area contributed by atoms with Crippen LogP contribution < -0.4 is 5.32 Å². The van der Waals surface area contributed by atoms with Crippen molar-refractivity contribution >= 4 is 11.6 Å². The zero-order valence-corrected chi connectivity index (χ0v) is 10.4. The summed E-state index contributed by atoms with van der Waals surface area (Å²) in [6, 6.07) is 0.651. The van der Waals surface area contributed by atoms with Gasteiger partial charge < -0.3 is 10.1 Å². The highest BCUT2D eigenvalue weighted by atomic mass is 19.2. The molecule has 6 nitrogen and oxygen atoms in total. The van der Waals surface area contributed by atoms with E-state index in [-0.39, 0.29) is 6.04 Å². The number of ether oxygens (including phenoxy) is 1. The molecule has 1 unspecified atom stereocenters. The van der Waals surface area contributed by atoms with Crippen LogP contribution >= 0.6 is 0 Å². The molecule has 1 amide bonds. The molecule has 0 spiro atoms. The summed E-state index contributed by atoms with van der Waals surface area (Å²) in [5.41, 5.74) is -1.27. The number of nitro benzene ring substituents is 1. The van der Waals surface area contributed by atoms with Crippen LogP contribution in [0.1, 0.15) is 23.2 Å². The summed E-state index contributed by atoms with van der Waals surface area (Å²) in [7, 11) is 0. The number of halogens is 2. The van der Waals surface area contributed by atoms with E-state index in [9.17, 15) is 23.7 Å². The first-order valence-electron chi connectivity index (χ1n) is 6.01. The van der Waals surface area contributed by atoms with Crippen LogP contribution in [0, 0.1) is 21.7 Å². The molecule has 0 radical (unpaired) electrons. The first-order valence-corrected chi connectivity index (χ1v) is 6.01. The number of nitrogens with one attached hydrogen (secondary N) is 1. The molecule has 0 saturated carbocycles. The maximum absolute atomic E-state index is 13.2. The lowest BCUT2D eigenvalue weighted by molar-refractivity contribution is -0.385. The monoisotopic (exact) mass is 286 g/mol. The van der Waals surface area contributed by atoms with Crippen LogP contribution in [-0.4, -0.2) is 30.1 Å². The Morgan fingerprint density at radius 2 is 2.10 bits per heavy atom. The van der Waals surface area contributed by atoms with Crippen molar-refractivity contribution in [2.45, 2.75) is 18.9 Å². The average Bonchev–Trinajstić information content (AvgIpc) is 2.42. The molecule has 1 saturated heterocycles. The van der Waals surface area contributed by atoms with E-state index in [0.29, 0.717) is 31.8 Å². The van der Waals surface area contributed by atoms with Gasteiger partial charge in [-0.25, -0.2) is 8.78 Å². The van der Waals surface area contributed by atoms with Gasteiger partial charge in [0.25, 0.3) is 11.6 Å². The van der Waals surface area contributed by atoms with E-state index in [4.69, 9.17) is 4.74 Å². The second-order valence-electron chi connectivity index (χ2n) is 4.43. The van der Waals surface area contributed by atoms with Gasteiger partial charge in [0.15, 0.2) is 11.6 Å². The minimum atomic E-state index is -1.37. The van der Waals surface area contributed by atoms with Gasteiger partial charge in [-0.05, 0) is 18.9 Å². The molecule has 2 rings (SSSR count). The fourth-order valence-electron chi connectivity index (χ4n) is 1.99. The van der Waals surface area contributed by atoms with Gasteiger partial charge in [0.05, 0.1) is 23.6 Å². The summed E-state index contributed by atoms with van der Waals surface area (Å²) in [6.07, 6.45) is 1.42. The third-order valence-corrected chi connectivity index (χ3v) is 2.98. The molecule has 1 atom stereocenters. The molecule has 0 aromatic heterocycles. The molecule has 0 bridgehead atoms. The van der Waals surface area contributed by atoms with Gasteiger partial charge in [-0.2, -0.15) is 0 Å². The Bertz CT molecular complexity index is 545. The molecular weight excluding hydrogens is 274 g/mol. The number of hydrogen-bond acceptors (Lipinski definition) is 4. The minimum Gasteiger partial charge on any atom is -0.379 e. The average molecular weight is 286 g/mol. The van der Waals surface area contributed by atoms with Crippen molar-refractivity contribution in [3.8, 4) is 0 Å². The maximum Gasteiger partial charge on any atom is 0.285 e. The number of nitrogens with zero attached hydrogens (tertiary/aromatic N) is 1. The van der Waals surface area contributed by atoms with E-state index in [1.54, 1.807) is 0 Å². The first kappa shape index (κ1) is 14.3. The van der Waals surface area contributed by atoms with Gasteiger partial charge in [-0.1, -0.05) is 0 Å². The predicted molar refractivity (Wildman–Crippen MR) is 64.3 cm³/mol. The van der Waals surface area contributed by atoms with E-state index < -0.39 is 33.7 Å². The van der Waals surface area contributed by atoms with Crippen LogP contribution in [0.4, 0.5) is 14.5 Å². The molecule has 1 aliphatic rings. The quantitative estimate of drug-likeness (QED) is 0.678. The lowest BCUT2D eigenvalue weighted by Crippen LogP contribution is -2.40. The summed E-state index contributed by atoms with van der Waals surface area (Å²) in [5, 5.41) is 13.3. The van der Waals surface area contributed by atoms with Crippen molar-refractivity contribution in [2.24, 2.45) is 0 Å². The molecule has 20 heavy (non-hydrogen) atoms. The number of benzene rings is 1. The van der Waals surface area contributed by atoms with E-state index in [1.165, 1.54) is 0 Å². The van der Waals surface area contributed by atoms with Crippen LogP contribution in [0.15, 0.2) is 12.1 Å². The van der Waals surface area contributed by atoms with Crippen LogP contribution in [0.3, 0.4) is 0 Å². The molecule has 8 heteroatoms. The van der Waals surface area contributed by atoms with E-state index in [0.717, 1.165) is 6.42 Å². The topological polar surface area (TPSA) is 81.5 Å². The number of carbonyl (C=O) groups is 1. The molecule has 108 valence electrons. The van der Waals surface area contributed by atoms with Crippen molar-refractivity contribution in [3.05, 3.63) is 39.4 Å². The minimum absolute atomic E-state index is 0.288. The Balaban J connectivity index is 2.23. The molecule has 0 aliphatic carbocycles. The van der Waals surface area contributed by atoms with Crippen LogP contribution in [0.2, 0.25) is 0 Å². The summed E-state index contributed by atoms with van der Waals surface area (Å²) >= 11 is 0. The van der Waals surface area contributed by atoms with Gasteiger partial charge in [-0.15, -0.1) is 0 Å². The lowest BCUT2D eigenvalue weighted by Gasteiger charge is -2.23. The largest absolute Gasteiger partial charge is 0.379 e. The standard InChI is InChI=1S/C12H12F2N2O4/c13-9-4-8(11(16(18)19)5-10(9)14)12(17)15-7-2-1-3-20-6-7/h4-5,7H,1-3,6H2,(H,15,17). The van der Waals surface area contributed by atoms with Gasteiger partial charge >= 0.3 is 0 Å². The SMILES string of the molecule is O=C(NC1CCCOC1)c1cc(F)c(F)cc1[N+](=O)[O-]. The third kappa shape index (κ3) is 3.08. The van der Waals surface area contributed by atoms with Gasteiger partial charge in [0, 0.05) is 6.61 Å². The summed E-state index contributed by atoms with van der Waals surface area (Å²) in [6.45, 7) is 0.890. The van der Waals surface area contributed by atoms with Gasteiger partial charge in [-0.3, -0.25) is 14.9 Å². The highest BCUT2D eigenvalue weighted by molar-refractivity contribution is 5.98. The van der Waals surface area contributed by atoms with E-state index >= 15 is 0 Å². The Morgan fingerprint density at radius 3 is 2.70 bits per heavy atom. The molecule has 1 heterocycles. The smallest absolute Gasteiger partial charge is 0.285 e. The Kier molecular flexibility index (Phi) is 4.23. The number of hydrogen-bond donors (Lipinski definition) is 1. The fraction of sp³-hybridized carbons (Fsp3) is 0.417. The van der Waals surface area contributed by atoms with E-state index in [2.05, 4.69) is 5.32 Å². The molecule has 1 aromatic carbocycles. The number of rotatable bonds is 3. The number of nitro groups is 1. The Labute approximate surface area is 112 Å². The van der Waals surface area contributed by atoms with Crippen LogP contribution in [-0.2, 0) is 4.74 Å². The molecule has 1 aromatic rings. The lowest BCUT2D eigenvalue weighted by atomic mass is 10.1. The van der Waals surface area contributed by atoms with Crippen LogP contribution in [0.25, 0.3) is 0 Å². The highest BCUT2D eigenvalue weighted by Gasteiger charge is 2.26. The zero-order valence-electron chi connectivity index (χ0n) is 10.4. The van der Waals surface area contributed by atoms with Crippen LogP contribution in [0.5, 0.6) is 0 Å². The van der Waals surface area contributed by atoms with Crippen molar-refractivity contribution in [1.29, 1.82) is 0 Å². The number of carbonyl (C=O) groups excluding carboxylic acids is 1. The molecule has 1 aliphatic heterocycles. The number of amides is 1. The second kappa shape index (κ2) is 5.91. The predicted octanol–water partition coefficient (Wildman–Crippen LogP) is 1.78. The van der Waals surface area contributed by atoms with Crippen molar-refractivity contribution in [2.75, 3.05) is 13.2 Å². The highest BCUT2D eigenvalue weighted by Crippen LogP contribution is 2.22. The Morgan fingerprint density at radius 1 is 1.40 bits per heavy atom. The van der Waals surface area contributed by atoms with Crippen molar-refractivity contribution in [3.63, 3.8) is 0 Å². The maximum atomic E-state index is 13.2. The summed E-state index contributed by atoms with van der Waals surface area (Å²) < 4.78 is 31.3. The second-order valence-corrected chi connectivity index (χ2v) is 4.43. The van der Waals surface area contributed by atoms with Crippen molar-refractivity contribution in [1.82, 2.24) is 5.32 Å². The molecule has 1 N–H and O–H groups in total. The zero-order chi connectivity index (χ0) is 14.7. The fourth-order valence-corrected chi connectivity index (χ4v) is 1.99. The molecule has 1 fully saturated rings.